The zero-order chi connectivity index (χ0) is 22.3. The minimum atomic E-state index is -0.155. The van der Waals surface area contributed by atoms with Crippen LogP contribution in [0.25, 0.3) is 17.0 Å². The number of carbonyl (C=O) groups excluding carboxylic acids is 2. The second-order valence-electron chi connectivity index (χ2n) is 7.83. The molecular formula is C25H27N3O4. The van der Waals surface area contributed by atoms with Gasteiger partial charge in [0.1, 0.15) is 5.76 Å². The standard InChI is InChI=1S/C25H27N3O4/c1-31-22-9-5-6-18-16-21(32-25(18)22)10-11-23(29)26-20-12-14-28(15-13-20)17-24(30)27-19-7-3-2-4-8-19/h2-11,16,20H,12-15,17H2,1H3,(H,26,29)(H,27,30). The van der Waals surface area contributed by atoms with Gasteiger partial charge in [0.2, 0.25) is 11.8 Å². The van der Waals surface area contributed by atoms with Gasteiger partial charge in [-0.1, -0.05) is 30.3 Å². The number of rotatable bonds is 7. The molecule has 0 unspecified atom stereocenters. The van der Waals surface area contributed by atoms with Crippen molar-refractivity contribution in [2.24, 2.45) is 0 Å². The van der Waals surface area contributed by atoms with E-state index in [2.05, 4.69) is 15.5 Å². The van der Waals surface area contributed by atoms with Crippen LogP contribution in [0.5, 0.6) is 5.75 Å². The molecule has 1 aliphatic heterocycles. The van der Waals surface area contributed by atoms with E-state index in [1.807, 2.05) is 54.6 Å². The number of piperidine rings is 1. The fourth-order valence-electron chi connectivity index (χ4n) is 3.87. The monoisotopic (exact) mass is 433 g/mol. The average molecular weight is 434 g/mol. The topological polar surface area (TPSA) is 83.8 Å². The first-order valence-corrected chi connectivity index (χ1v) is 10.7. The molecule has 3 aromatic rings. The van der Waals surface area contributed by atoms with Crippen molar-refractivity contribution in [1.82, 2.24) is 10.2 Å². The fraction of sp³-hybridized carbons (Fsp3) is 0.280. The van der Waals surface area contributed by atoms with Crippen molar-refractivity contribution in [3.05, 3.63) is 66.4 Å². The highest BCUT2D eigenvalue weighted by Crippen LogP contribution is 2.28. The average Bonchev–Trinajstić information content (AvgIpc) is 3.23. The van der Waals surface area contributed by atoms with Crippen molar-refractivity contribution in [3.8, 4) is 5.75 Å². The first-order valence-electron chi connectivity index (χ1n) is 10.7. The number of ether oxygens (including phenoxy) is 1. The van der Waals surface area contributed by atoms with E-state index in [1.165, 1.54) is 6.08 Å². The lowest BCUT2D eigenvalue weighted by atomic mass is 10.0. The second kappa shape index (κ2) is 10.2. The van der Waals surface area contributed by atoms with Crippen LogP contribution < -0.4 is 15.4 Å². The predicted octanol–water partition coefficient (Wildman–Crippen LogP) is 3.67. The summed E-state index contributed by atoms with van der Waals surface area (Å²) < 4.78 is 11.1. The molecule has 1 aliphatic rings. The van der Waals surface area contributed by atoms with Gasteiger partial charge in [-0.05, 0) is 43.2 Å². The third-order valence-electron chi connectivity index (χ3n) is 5.50. The Morgan fingerprint density at radius 1 is 1.12 bits per heavy atom. The summed E-state index contributed by atoms with van der Waals surface area (Å²) in [6, 6.07) is 17.1. The molecule has 7 heteroatoms. The fourth-order valence-corrected chi connectivity index (χ4v) is 3.87. The molecule has 1 saturated heterocycles. The van der Waals surface area contributed by atoms with Gasteiger partial charge in [0.25, 0.3) is 0 Å². The van der Waals surface area contributed by atoms with Crippen LogP contribution in [-0.2, 0) is 9.59 Å². The smallest absolute Gasteiger partial charge is 0.244 e. The van der Waals surface area contributed by atoms with Gasteiger partial charge in [-0.3, -0.25) is 14.5 Å². The van der Waals surface area contributed by atoms with Gasteiger partial charge in [-0.25, -0.2) is 0 Å². The summed E-state index contributed by atoms with van der Waals surface area (Å²) in [6.07, 6.45) is 4.77. The predicted molar refractivity (Wildman–Crippen MR) is 124 cm³/mol. The Balaban J connectivity index is 1.23. The number of hydrogen-bond acceptors (Lipinski definition) is 5. The highest BCUT2D eigenvalue weighted by molar-refractivity contribution is 5.93. The van der Waals surface area contributed by atoms with E-state index in [0.29, 0.717) is 23.6 Å². The van der Waals surface area contributed by atoms with Crippen LogP contribution in [0.4, 0.5) is 5.69 Å². The SMILES string of the molecule is COc1cccc2cc(C=CC(=O)NC3CCN(CC(=O)Nc4ccccc4)CC3)oc12. The van der Waals surface area contributed by atoms with Crippen molar-refractivity contribution in [1.29, 1.82) is 0 Å². The van der Waals surface area contributed by atoms with Gasteiger partial charge in [0, 0.05) is 36.3 Å². The molecule has 32 heavy (non-hydrogen) atoms. The molecule has 0 saturated carbocycles. The summed E-state index contributed by atoms with van der Waals surface area (Å²) >= 11 is 0. The molecule has 0 bridgehead atoms. The number of hydrogen-bond donors (Lipinski definition) is 2. The highest BCUT2D eigenvalue weighted by Gasteiger charge is 2.21. The maximum Gasteiger partial charge on any atom is 0.244 e. The summed E-state index contributed by atoms with van der Waals surface area (Å²) in [6.45, 7) is 1.88. The molecule has 1 fully saturated rings. The van der Waals surface area contributed by atoms with Crippen LogP contribution in [0.15, 0.2) is 65.1 Å². The number of amides is 2. The first kappa shape index (κ1) is 21.6. The van der Waals surface area contributed by atoms with Crippen LogP contribution >= 0.6 is 0 Å². The molecular weight excluding hydrogens is 406 g/mol. The third-order valence-corrected chi connectivity index (χ3v) is 5.50. The van der Waals surface area contributed by atoms with E-state index in [1.54, 1.807) is 13.2 Å². The van der Waals surface area contributed by atoms with Crippen molar-refractivity contribution in [2.45, 2.75) is 18.9 Å². The van der Waals surface area contributed by atoms with Crippen molar-refractivity contribution < 1.29 is 18.7 Å². The Hall–Kier alpha value is -3.58. The molecule has 4 rings (SSSR count). The lowest BCUT2D eigenvalue weighted by Crippen LogP contribution is -2.46. The molecule has 0 aliphatic carbocycles. The maximum absolute atomic E-state index is 12.3. The van der Waals surface area contributed by atoms with Gasteiger partial charge in [0.15, 0.2) is 11.3 Å². The second-order valence-corrected chi connectivity index (χ2v) is 7.83. The van der Waals surface area contributed by atoms with Gasteiger partial charge in [-0.2, -0.15) is 0 Å². The quantitative estimate of drug-likeness (QED) is 0.556. The number of furan rings is 1. The number of methoxy groups -OCH3 is 1. The largest absolute Gasteiger partial charge is 0.493 e. The zero-order valence-corrected chi connectivity index (χ0v) is 18.0. The number of anilines is 1. The molecule has 2 N–H and O–H groups in total. The van der Waals surface area contributed by atoms with Crippen LogP contribution in [0.1, 0.15) is 18.6 Å². The van der Waals surface area contributed by atoms with Gasteiger partial charge in [0.05, 0.1) is 13.7 Å². The third kappa shape index (κ3) is 5.56. The van der Waals surface area contributed by atoms with Crippen LogP contribution in [-0.4, -0.2) is 49.5 Å². The number of para-hydroxylation sites is 2. The number of likely N-dealkylation sites (tertiary alicyclic amines) is 1. The van der Waals surface area contributed by atoms with E-state index in [9.17, 15) is 9.59 Å². The number of nitrogens with one attached hydrogen (secondary N) is 2. The number of nitrogens with zero attached hydrogens (tertiary/aromatic N) is 1. The maximum atomic E-state index is 12.3. The molecule has 7 nitrogen and oxygen atoms in total. The molecule has 0 radical (unpaired) electrons. The Morgan fingerprint density at radius 2 is 1.91 bits per heavy atom. The minimum Gasteiger partial charge on any atom is -0.493 e. The van der Waals surface area contributed by atoms with Gasteiger partial charge < -0.3 is 19.8 Å². The molecule has 2 aromatic carbocycles. The summed E-state index contributed by atoms with van der Waals surface area (Å²) in [5, 5.41) is 6.87. The Kier molecular flexibility index (Phi) is 6.87. The number of fused-ring (bicyclic) bond motifs is 1. The van der Waals surface area contributed by atoms with Crippen LogP contribution in [0.3, 0.4) is 0 Å². The first-order chi connectivity index (χ1) is 15.6. The Morgan fingerprint density at radius 3 is 2.66 bits per heavy atom. The number of carbonyl (C=O) groups is 2. The van der Waals surface area contributed by atoms with Gasteiger partial charge >= 0.3 is 0 Å². The Labute approximate surface area is 187 Å². The van der Waals surface area contributed by atoms with E-state index in [-0.39, 0.29) is 17.9 Å². The molecule has 166 valence electrons. The number of benzene rings is 2. The van der Waals surface area contributed by atoms with E-state index in [0.717, 1.165) is 37.0 Å². The molecule has 2 heterocycles. The van der Waals surface area contributed by atoms with Crippen molar-refractivity contribution >= 4 is 34.5 Å². The highest BCUT2D eigenvalue weighted by atomic mass is 16.5. The summed E-state index contributed by atoms with van der Waals surface area (Å²) in [5.41, 5.74) is 1.47. The lowest BCUT2D eigenvalue weighted by molar-refractivity contribution is -0.119. The van der Waals surface area contributed by atoms with E-state index < -0.39 is 0 Å². The molecule has 0 spiro atoms. The summed E-state index contributed by atoms with van der Waals surface area (Å²) in [5.74, 6) is 1.08. The lowest BCUT2D eigenvalue weighted by Gasteiger charge is -2.31. The van der Waals surface area contributed by atoms with Crippen LogP contribution in [0.2, 0.25) is 0 Å². The van der Waals surface area contributed by atoms with E-state index >= 15 is 0 Å². The molecule has 0 atom stereocenters. The van der Waals surface area contributed by atoms with Crippen LogP contribution in [0, 0.1) is 0 Å². The minimum absolute atomic E-state index is 0.0240. The van der Waals surface area contributed by atoms with Gasteiger partial charge in [-0.15, -0.1) is 0 Å². The zero-order valence-electron chi connectivity index (χ0n) is 18.0. The normalized spacial score (nSPS) is 15.2. The van der Waals surface area contributed by atoms with E-state index in [4.69, 9.17) is 9.15 Å². The van der Waals surface area contributed by atoms with Crippen molar-refractivity contribution in [2.75, 3.05) is 32.1 Å². The summed E-state index contributed by atoms with van der Waals surface area (Å²) in [7, 11) is 1.60. The summed E-state index contributed by atoms with van der Waals surface area (Å²) in [4.78, 5) is 26.7. The van der Waals surface area contributed by atoms with Crippen molar-refractivity contribution in [3.63, 3.8) is 0 Å². The molecule has 1 aromatic heterocycles. The Bertz CT molecular complexity index is 1100. The molecule has 2 amide bonds.